The molecule has 0 saturated carbocycles. The number of rotatable bonds is 4. The summed E-state index contributed by atoms with van der Waals surface area (Å²) in [5, 5.41) is 0.676. The molecule has 21 heavy (non-hydrogen) atoms. The number of carbonyl (C=O) groups excluding carboxylic acids is 1. The molecular weight excluding hydrogens is 284 g/mol. The first-order valence-electron chi connectivity index (χ1n) is 6.91. The van der Waals surface area contributed by atoms with Gasteiger partial charge in [0.1, 0.15) is 0 Å². The number of amides is 1. The van der Waals surface area contributed by atoms with E-state index in [2.05, 4.69) is 0 Å². The summed E-state index contributed by atoms with van der Waals surface area (Å²) >= 11 is 5.99. The Labute approximate surface area is 130 Å². The highest BCUT2D eigenvalue weighted by Crippen LogP contribution is 2.17. The summed E-state index contributed by atoms with van der Waals surface area (Å²) in [5.41, 5.74) is 9.12. The van der Waals surface area contributed by atoms with E-state index in [1.54, 1.807) is 11.0 Å². The summed E-state index contributed by atoms with van der Waals surface area (Å²) in [5.74, 6) is -0.0239. The molecule has 0 radical (unpaired) electrons. The number of anilines is 1. The zero-order valence-electron chi connectivity index (χ0n) is 12.3. The number of halogens is 1. The number of nitrogens with zero attached hydrogens (tertiary/aromatic N) is 1. The van der Waals surface area contributed by atoms with Crippen molar-refractivity contribution >= 4 is 23.2 Å². The Bertz CT molecular complexity index is 655. The van der Waals surface area contributed by atoms with E-state index in [0.717, 1.165) is 11.1 Å². The molecule has 0 aliphatic rings. The van der Waals surface area contributed by atoms with Crippen LogP contribution in [0.2, 0.25) is 5.02 Å². The van der Waals surface area contributed by atoms with Gasteiger partial charge in [-0.05, 0) is 49.2 Å². The van der Waals surface area contributed by atoms with Crippen LogP contribution in [0.25, 0.3) is 0 Å². The molecule has 3 nitrogen and oxygen atoms in total. The topological polar surface area (TPSA) is 46.3 Å². The second-order valence-corrected chi connectivity index (χ2v) is 5.46. The van der Waals surface area contributed by atoms with Crippen LogP contribution in [-0.4, -0.2) is 17.4 Å². The van der Waals surface area contributed by atoms with Crippen molar-refractivity contribution < 1.29 is 4.79 Å². The minimum Gasteiger partial charge on any atom is -0.398 e. The largest absolute Gasteiger partial charge is 0.398 e. The third-order valence-electron chi connectivity index (χ3n) is 3.46. The molecule has 0 bridgehead atoms. The Morgan fingerprint density at radius 2 is 2.00 bits per heavy atom. The van der Waals surface area contributed by atoms with Crippen molar-refractivity contribution in [2.45, 2.75) is 20.4 Å². The van der Waals surface area contributed by atoms with Crippen LogP contribution in [0.5, 0.6) is 0 Å². The molecule has 0 unspecified atom stereocenters. The van der Waals surface area contributed by atoms with Gasteiger partial charge in [0.25, 0.3) is 5.91 Å². The quantitative estimate of drug-likeness (QED) is 0.871. The van der Waals surface area contributed by atoms with E-state index >= 15 is 0 Å². The molecule has 2 N–H and O–H groups in total. The lowest BCUT2D eigenvalue weighted by atomic mass is 10.1. The number of hydrogen-bond acceptors (Lipinski definition) is 2. The van der Waals surface area contributed by atoms with E-state index in [-0.39, 0.29) is 5.91 Å². The van der Waals surface area contributed by atoms with Crippen molar-refractivity contribution in [3.8, 4) is 0 Å². The van der Waals surface area contributed by atoms with Crippen molar-refractivity contribution in [3.63, 3.8) is 0 Å². The van der Waals surface area contributed by atoms with E-state index in [9.17, 15) is 4.79 Å². The van der Waals surface area contributed by atoms with E-state index in [4.69, 9.17) is 17.3 Å². The van der Waals surface area contributed by atoms with E-state index < -0.39 is 0 Å². The van der Waals surface area contributed by atoms with Gasteiger partial charge in [-0.15, -0.1) is 0 Å². The number of aryl methyl sites for hydroxylation is 1. The molecular formula is C17H19ClN2O. The van der Waals surface area contributed by atoms with E-state index in [0.29, 0.717) is 29.4 Å². The Morgan fingerprint density at radius 1 is 1.24 bits per heavy atom. The molecule has 0 saturated heterocycles. The zero-order valence-corrected chi connectivity index (χ0v) is 13.0. The Balaban J connectivity index is 2.20. The monoisotopic (exact) mass is 302 g/mol. The van der Waals surface area contributed by atoms with Crippen LogP contribution in [0.3, 0.4) is 0 Å². The molecule has 0 aromatic heterocycles. The molecule has 0 spiro atoms. The summed E-state index contributed by atoms with van der Waals surface area (Å²) < 4.78 is 0. The van der Waals surface area contributed by atoms with Crippen molar-refractivity contribution in [2.75, 3.05) is 12.3 Å². The minimum absolute atomic E-state index is 0.0239. The van der Waals surface area contributed by atoms with Crippen molar-refractivity contribution in [2.24, 2.45) is 0 Å². The van der Waals surface area contributed by atoms with Crippen LogP contribution in [0, 0.1) is 6.92 Å². The minimum atomic E-state index is -0.0239. The van der Waals surface area contributed by atoms with Crippen LogP contribution in [0.1, 0.15) is 28.4 Å². The second kappa shape index (κ2) is 6.64. The molecule has 2 rings (SSSR count). The van der Waals surface area contributed by atoms with Crippen molar-refractivity contribution in [1.29, 1.82) is 0 Å². The van der Waals surface area contributed by atoms with Gasteiger partial charge in [0.05, 0.1) is 0 Å². The highest BCUT2D eigenvalue weighted by Gasteiger charge is 2.15. The number of carbonyl (C=O) groups is 1. The van der Waals surface area contributed by atoms with Gasteiger partial charge in [-0.1, -0.05) is 29.8 Å². The number of benzene rings is 2. The maximum absolute atomic E-state index is 12.6. The maximum atomic E-state index is 12.6. The van der Waals surface area contributed by atoms with Crippen LogP contribution in [0.15, 0.2) is 42.5 Å². The number of nitrogen functional groups attached to an aromatic ring is 1. The fourth-order valence-corrected chi connectivity index (χ4v) is 2.35. The maximum Gasteiger partial charge on any atom is 0.254 e. The fraction of sp³-hybridized carbons (Fsp3) is 0.235. The van der Waals surface area contributed by atoms with Gasteiger partial charge in [0.15, 0.2) is 0 Å². The molecule has 0 heterocycles. The van der Waals surface area contributed by atoms with Crippen LogP contribution in [-0.2, 0) is 6.54 Å². The highest BCUT2D eigenvalue weighted by molar-refractivity contribution is 6.30. The van der Waals surface area contributed by atoms with Gasteiger partial charge < -0.3 is 10.6 Å². The van der Waals surface area contributed by atoms with Crippen LogP contribution in [0.4, 0.5) is 5.69 Å². The predicted octanol–water partition coefficient (Wildman–Crippen LogP) is 3.89. The second-order valence-electron chi connectivity index (χ2n) is 5.02. The van der Waals surface area contributed by atoms with Gasteiger partial charge in [-0.3, -0.25) is 4.79 Å². The molecule has 0 aliphatic carbocycles. The lowest BCUT2D eigenvalue weighted by molar-refractivity contribution is 0.0752. The van der Waals surface area contributed by atoms with Gasteiger partial charge in [-0.25, -0.2) is 0 Å². The zero-order chi connectivity index (χ0) is 15.4. The van der Waals surface area contributed by atoms with Gasteiger partial charge in [-0.2, -0.15) is 0 Å². The SMILES string of the molecule is CCN(Cc1cccc(Cl)c1)C(=O)c1ccc(C)c(N)c1. The summed E-state index contributed by atoms with van der Waals surface area (Å²) in [7, 11) is 0. The molecule has 4 heteroatoms. The molecule has 2 aromatic carbocycles. The summed E-state index contributed by atoms with van der Waals surface area (Å²) in [6.07, 6.45) is 0. The third kappa shape index (κ3) is 3.76. The van der Waals surface area contributed by atoms with Gasteiger partial charge >= 0.3 is 0 Å². The highest BCUT2D eigenvalue weighted by atomic mass is 35.5. The third-order valence-corrected chi connectivity index (χ3v) is 3.69. The fourth-order valence-electron chi connectivity index (χ4n) is 2.14. The first kappa shape index (κ1) is 15.4. The molecule has 0 fully saturated rings. The summed E-state index contributed by atoms with van der Waals surface area (Å²) in [6.45, 7) is 5.04. The number of nitrogens with two attached hydrogens (primary N) is 1. The summed E-state index contributed by atoms with van der Waals surface area (Å²) in [6, 6.07) is 13.0. The molecule has 2 aromatic rings. The van der Waals surface area contributed by atoms with E-state index in [1.165, 1.54) is 0 Å². The summed E-state index contributed by atoms with van der Waals surface area (Å²) in [4.78, 5) is 14.3. The Morgan fingerprint density at radius 3 is 2.62 bits per heavy atom. The van der Waals surface area contributed by atoms with Gasteiger partial charge in [0, 0.05) is 29.4 Å². The Kier molecular flexibility index (Phi) is 4.86. The standard InChI is InChI=1S/C17H19ClN2O/c1-3-20(11-13-5-4-6-15(18)9-13)17(21)14-8-7-12(2)16(19)10-14/h4-10H,3,11,19H2,1-2H3. The average Bonchev–Trinajstić information content (AvgIpc) is 2.47. The first-order chi connectivity index (χ1) is 10.0. The normalized spacial score (nSPS) is 10.4. The molecule has 0 atom stereocenters. The molecule has 110 valence electrons. The van der Waals surface area contributed by atoms with Crippen molar-refractivity contribution in [1.82, 2.24) is 4.90 Å². The molecule has 1 amide bonds. The van der Waals surface area contributed by atoms with Crippen molar-refractivity contribution in [3.05, 3.63) is 64.2 Å². The average molecular weight is 303 g/mol. The smallest absolute Gasteiger partial charge is 0.254 e. The Hall–Kier alpha value is -2.00. The van der Waals surface area contributed by atoms with E-state index in [1.807, 2.05) is 50.2 Å². The van der Waals surface area contributed by atoms with Gasteiger partial charge in [0.2, 0.25) is 0 Å². The predicted molar refractivity (Wildman–Crippen MR) is 87.5 cm³/mol. The van der Waals surface area contributed by atoms with Crippen LogP contribution < -0.4 is 5.73 Å². The lowest BCUT2D eigenvalue weighted by Gasteiger charge is -2.21. The van der Waals surface area contributed by atoms with Crippen LogP contribution >= 0.6 is 11.6 Å². The first-order valence-corrected chi connectivity index (χ1v) is 7.29. The lowest BCUT2D eigenvalue weighted by Crippen LogP contribution is -2.30. The molecule has 0 aliphatic heterocycles. The number of hydrogen-bond donors (Lipinski definition) is 1.